The highest BCUT2D eigenvalue weighted by atomic mass is 16.2. The minimum absolute atomic E-state index is 0.113. The zero-order valence-electron chi connectivity index (χ0n) is 18.2. The highest BCUT2D eigenvalue weighted by Gasteiger charge is 2.16. The molecule has 1 amide bonds. The molecule has 0 bridgehead atoms. The number of carbonyl (C=O) groups excluding carboxylic acids is 1. The number of amides is 1. The van der Waals surface area contributed by atoms with Crippen molar-refractivity contribution in [3.8, 4) is 16.9 Å². The Labute approximate surface area is 194 Å². The van der Waals surface area contributed by atoms with Crippen molar-refractivity contribution >= 4 is 22.9 Å². The van der Waals surface area contributed by atoms with Gasteiger partial charge in [-0.25, -0.2) is 14.8 Å². The van der Waals surface area contributed by atoms with Gasteiger partial charge in [-0.1, -0.05) is 36.4 Å². The number of aryl methyl sites for hydroxylation is 1. The number of hydrogen-bond acceptors (Lipinski definition) is 6. The Morgan fingerprint density at radius 2 is 1.74 bits per heavy atom. The summed E-state index contributed by atoms with van der Waals surface area (Å²) in [5, 5.41) is 13.8. The van der Waals surface area contributed by atoms with E-state index in [9.17, 15) is 9.59 Å². The lowest BCUT2D eigenvalue weighted by Crippen LogP contribution is -2.27. The van der Waals surface area contributed by atoms with Crippen molar-refractivity contribution in [1.29, 1.82) is 0 Å². The van der Waals surface area contributed by atoms with Gasteiger partial charge in [0, 0.05) is 42.2 Å². The summed E-state index contributed by atoms with van der Waals surface area (Å²) in [5.74, 6) is -0.526. The fraction of sp³-hybridized carbons (Fsp3) is 0.0400. The van der Waals surface area contributed by atoms with E-state index in [4.69, 9.17) is 5.10 Å². The summed E-state index contributed by atoms with van der Waals surface area (Å²) < 4.78 is 2.89. The molecule has 166 valence electrons. The van der Waals surface area contributed by atoms with E-state index < -0.39 is 5.91 Å². The number of nitrogens with zero attached hydrogens (tertiary/aromatic N) is 6. The van der Waals surface area contributed by atoms with Gasteiger partial charge < -0.3 is 0 Å². The first-order valence-corrected chi connectivity index (χ1v) is 10.5. The average Bonchev–Trinajstić information content (AvgIpc) is 3.31. The normalized spacial score (nSPS) is 11.2. The van der Waals surface area contributed by atoms with Crippen molar-refractivity contribution in [3.63, 3.8) is 0 Å². The van der Waals surface area contributed by atoms with Crippen molar-refractivity contribution in [1.82, 2.24) is 30.0 Å². The van der Waals surface area contributed by atoms with Crippen molar-refractivity contribution in [2.45, 2.75) is 0 Å². The Kier molecular flexibility index (Phi) is 5.49. The molecule has 0 aliphatic heterocycles. The molecule has 0 aliphatic carbocycles. The van der Waals surface area contributed by atoms with Gasteiger partial charge in [-0.05, 0) is 30.3 Å². The third-order valence-electron chi connectivity index (χ3n) is 5.24. The smallest absolute Gasteiger partial charge is 0.267 e. The molecule has 0 radical (unpaired) electrons. The average molecular weight is 449 g/mol. The van der Waals surface area contributed by atoms with Crippen molar-refractivity contribution in [2.24, 2.45) is 12.1 Å². The number of rotatable bonds is 5. The topological polar surface area (TPSA) is 107 Å². The number of fused-ring (bicyclic) bond motifs is 1. The molecule has 3 aromatic heterocycles. The van der Waals surface area contributed by atoms with Crippen LogP contribution in [-0.2, 0) is 7.05 Å². The van der Waals surface area contributed by atoms with Crippen LogP contribution in [0.1, 0.15) is 16.1 Å². The standard InChI is InChI=1S/C25H19N7O2/c1-31-25(34)21-12-6-5-11-20(21)23(29-31)24(33)28-27-15-18-16-32(19-9-3-2-4-10-19)30-22(18)17-8-7-13-26-14-17/h2-16H,1H3,(H,28,33)/b27-15+. The van der Waals surface area contributed by atoms with Crippen LogP contribution < -0.4 is 11.0 Å². The second kappa shape index (κ2) is 8.91. The SMILES string of the molecule is Cn1nc(C(=O)N/N=C/c2cn(-c3ccccc3)nc2-c2cccnc2)c2ccccc2c1=O. The number of hydrazone groups is 1. The van der Waals surface area contributed by atoms with Gasteiger partial charge >= 0.3 is 0 Å². The molecule has 0 atom stereocenters. The van der Waals surface area contributed by atoms with Crippen molar-refractivity contribution in [3.05, 3.63) is 107 Å². The second-order valence-corrected chi connectivity index (χ2v) is 7.48. The first-order chi connectivity index (χ1) is 16.6. The van der Waals surface area contributed by atoms with Crippen LogP contribution in [0.5, 0.6) is 0 Å². The molecular formula is C25H19N7O2. The molecule has 2 aromatic carbocycles. The van der Waals surface area contributed by atoms with E-state index in [1.165, 1.54) is 13.3 Å². The predicted octanol–water partition coefficient (Wildman–Crippen LogP) is 2.95. The van der Waals surface area contributed by atoms with Gasteiger partial charge in [0.1, 0.15) is 5.69 Å². The van der Waals surface area contributed by atoms with E-state index >= 15 is 0 Å². The molecule has 9 heteroatoms. The van der Waals surface area contributed by atoms with E-state index in [0.717, 1.165) is 15.9 Å². The van der Waals surface area contributed by atoms with Crippen LogP contribution in [0.4, 0.5) is 0 Å². The van der Waals surface area contributed by atoms with Crippen LogP contribution in [0.15, 0.2) is 95.2 Å². The van der Waals surface area contributed by atoms with Gasteiger partial charge in [-0.15, -0.1) is 0 Å². The summed E-state index contributed by atoms with van der Waals surface area (Å²) in [4.78, 5) is 29.4. The molecule has 0 spiro atoms. The van der Waals surface area contributed by atoms with Gasteiger partial charge in [0.2, 0.25) is 0 Å². The quantitative estimate of drug-likeness (QED) is 0.328. The third-order valence-corrected chi connectivity index (χ3v) is 5.24. The number of benzene rings is 2. The molecule has 0 saturated carbocycles. The highest BCUT2D eigenvalue weighted by Crippen LogP contribution is 2.22. The molecule has 0 unspecified atom stereocenters. The van der Waals surface area contributed by atoms with Crippen molar-refractivity contribution in [2.75, 3.05) is 0 Å². The highest BCUT2D eigenvalue weighted by molar-refractivity contribution is 6.05. The number of aromatic nitrogens is 5. The second-order valence-electron chi connectivity index (χ2n) is 7.48. The molecule has 34 heavy (non-hydrogen) atoms. The lowest BCUT2D eigenvalue weighted by Gasteiger charge is -2.06. The molecule has 0 saturated heterocycles. The number of hydrogen-bond donors (Lipinski definition) is 1. The molecule has 5 rings (SSSR count). The molecule has 9 nitrogen and oxygen atoms in total. The van der Waals surface area contributed by atoms with Crippen LogP contribution in [-0.4, -0.2) is 36.7 Å². The Balaban J connectivity index is 1.48. The zero-order chi connectivity index (χ0) is 23.5. The Hall–Kier alpha value is -4.92. The summed E-state index contributed by atoms with van der Waals surface area (Å²) >= 11 is 0. The maximum Gasteiger partial charge on any atom is 0.292 e. The monoisotopic (exact) mass is 449 g/mol. The lowest BCUT2D eigenvalue weighted by molar-refractivity contribution is 0.0950. The van der Waals surface area contributed by atoms with Gasteiger partial charge in [0.15, 0.2) is 5.69 Å². The Morgan fingerprint density at radius 1 is 0.971 bits per heavy atom. The third kappa shape index (κ3) is 3.97. The predicted molar refractivity (Wildman–Crippen MR) is 129 cm³/mol. The summed E-state index contributed by atoms with van der Waals surface area (Å²) in [6.45, 7) is 0. The summed E-state index contributed by atoms with van der Waals surface area (Å²) in [5.41, 5.74) is 5.41. The molecule has 5 aromatic rings. The largest absolute Gasteiger partial charge is 0.292 e. The van der Waals surface area contributed by atoms with Crippen LogP contribution in [0.3, 0.4) is 0 Å². The molecule has 0 aliphatic rings. The summed E-state index contributed by atoms with van der Waals surface area (Å²) in [6, 6.07) is 20.3. The van der Waals surface area contributed by atoms with E-state index in [1.807, 2.05) is 48.7 Å². The number of para-hydroxylation sites is 1. The number of pyridine rings is 1. The minimum Gasteiger partial charge on any atom is -0.267 e. The van der Waals surface area contributed by atoms with Crippen LogP contribution in [0, 0.1) is 0 Å². The van der Waals surface area contributed by atoms with Gasteiger partial charge in [-0.2, -0.15) is 15.3 Å². The van der Waals surface area contributed by atoms with E-state index in [2.05, 4.69) is 20.6 Å². The van der Waals surface area contributed by atoms with Crippen LogP contribution in [0.25, 0.3) is 27.7 Å². The van der Waals surface area contributed by atoms with Crippen LogP contribution >= 0.6 is 0 Å². The van der Waals surface area contributed by atoms with E-state index in [-0.39, 0.29) is 11.3 Å². The van der Waals surface area contributed by atoms with E-state index in [0.29, 0.717) is 22.0 Å². The fourth-order valence-electron chi connectivity index (χ4n) is 3.60. The molecule has 1 N–H and O–H groups in total. The molecule has 0 fully saturated rings. The molecule has 3 heterocycles. The maximum atomic E-state index is 12.9. The van der Waals surface area contributed by atoms with Crippen molar-refractivity contribution < 1.29 is 4.79 Å². The first kappa shape index (κ1) is 21.0. The maximum absolute atomic E-state index is 12.9. The van der Waals surface area contributed by atoms with Gasteiger partial charge in [0.05, 0.1) is 17.3 Å². The van der Waals surface area contributed by atoms with E-state index in [1.54, 1.807) is 41.3 Å². The Bertz CT molecular complexity index is 1570. The lowest BCUT2D eigenvalue weighted by atomic mass is 10.1. The first-order valence-electron chi connectivity index (χ1n) is 10.5. The summed E-state index contributed by atoms with van der Waals surface area (Å²) in [6.07, 6.45) is 6.76. The minimum atomic E-state index is -0.526. The Morgan fingerprint density at radius 3 is 2.50 bits per heavy atom. The van der Waals surface area contributed by atoms with Crippen LogP contribution in [0.2, 0.25) is 0 Å². The fourth-order valence-corrected chi connectivity index (χ4v) is 3.60. The van der Waals surface area contributed by atoms with Gasteiger partial charge in [-0.3, -0.25) is 14.6 Å². The number of carbonyl (C=O) groups is 1. The molecular weight excluding hydrogens is 430 g/mol. The number of nitrogens with one attached hydrogen (secondary N) is 1. The zero-order valence-corrected chi connectivity index (χ0v) is 18.2. The van der Waals surface area contributed by atoms with Gasteiger partial charge in [0.25, 0.3) is 11.5 Å². The summed E-state index contributed by atoms with van der Waals surface area (Å²) in [7, 11) is 1.51.